The van der Waals surface area contributed by atoms with Crippen molar-refractivity contribution in [3.63, 3.8) is 0 Å². The van der Waals surface area contributed by atoms with Crippen molar-refractivity contribution in [2.24, 2.45) is 5.92 Å². The van der Waals surface area contributed by atoms with Crippen LogP contribution in [0.4, 0.5) is 0 Å². The van der Waals surface area contributed by atoms with Gasteiger partial charge in [-0.1, -0.05) is 60.7 Å². The number of benzene rings is 2. The van der Waals surface area contributed by atoms with Crippen LogP contribution in [-0.2, 0) is 27.3 Å². The highest BCUT2D eigenvalue weighted by Crippen LogP contribution is 2.30. The summed E-state index contributed by atoms with van der Waals surface area (Å²) in [6, 6.07) is 19.2. The molecular weight excluding hydrogens is 302 g/mol. The molecule has 0 bridgehead atoms. The Labute approximate surface area is 142 Å². The van der Waals surface area contributed by atoms with E-state index in [1.165, 1.54) is 7.11 Å². The van der Waals surface area contributed by atoms with Crippen molar-refractivity contribution in [3.8, 4) is 0 Å². The molecule has 2 unspecified atom stereocenters. The number of carbonyl (C=O) groups is 2. The van der Waals surface area contributed by atoms with Crippen LogP contribution in [-0.4, -0.2) is 29.9 Å². The van der Waals surface area contributed by atoms with Gasteiger partial charge < -0.3 is 9.64 Å². The molecule has 1 aliphatic heterocycles. The fourth-order valence-electron chi connectivity index (χ4n) is 3.28. The molecule has 1 amide bonds. The Morgan fingerprint density at radius 3 is 2.21 bits per heavy atom. The van der Waals surface area contributed by atoms with Gasteiger partial charge in [0.2, 0.25) is 5.91 Å². The van der Waals surface area contributed by atoms with Gasteiger partial charge in [-0.25, -0.2) is 4.79 Å². The molecular formula is C20H21NO3. The van der Waals surface area contributed by atoms with Gasteiger partial charge in [-0.05, 0) is 24.0 Å². The summed E-state index contributed by atoms with van der Waals surface area (Å²) in [5.74, 6) is -0.492. The van der Waals surface area contributed by atoms with Gasteiger partial charge in [0.1, 0.15) is 6.04 Å². The van der Waals surface area contributed by atoms with Crippen LogP contribution in [0.25, 0.3) is 0 Å². The molecule has 4 heteroatoms. The Balaban J connectivity index is 1.79. The first-order chi connectivity index (χ1) is 11.7. The molecule has 2 aromatic carbocycles. The zero-order chi connectivity index (χ0) is 16.9. The topological polar surface area (TPSA) is 46.6 Å². The fourth-order valence-corrected chi connectivity index (χ4v) is 3.28. The largest absolute Gasteiger partial charge is 0.467 e. The van der Waals surface area contributed by atoms with Gasteiger partial charge in [-0.15, -0.1) is 0 Å². The lowest BCUT2D eigenvalue weighted by Gasteiger charge is -2.23. The average molecular weight is 323 g/mol. The normalized spacial score (nSPS) is 20.2. The van der Waals surface area contributed by atoms with Crippen LogP contribution < -0.4 is 0 Å². The third-order valence-corrected chi connectivity index (χ3v) is 4.51. The maximum absolute atomic E-state index is 12.9. The monoisotopic (exact) mass is 323 g/mol. The van der Waals surface area contributed by atoms with E-state index in [-0.39, 0.29) is 17.8 Å². The molecule has 0 N–H and O–H groups in total. The van der Waals surface area contributed by atoms with Crippen LogP contribution in [0.3, 0.4) is 0 Å². The first-order valence-corrected chi connectivity index (χ1v) is 8.15. The van der Waals surface area contributed by atoms with Crippen LogP contribution in [0.1, 0.15) is 17.5 Å². The molecule has 0 spiro atoms. The van der Waals surface area contributed by atoms with Crippen LogP contribution in [0.5, 0.6) is 0 Å². The lowest BCUT2D eigenvalue weighted by atomic mass is 9.96. The third kappa shape index (κ3) is 3.48. The van der Waals surface area contributed by atoms with Crippen molar-refractivity contribution in [2.75, 3.05) is 7.11 Å². The van der Waals surface area contributed by atoms with Gasteiger partial charge in [0.25, 0.3) is 0 Å². The van der Waals surface area contributed by atoms with E-state index in [0.29, 0.717) is 19.4 Å². The fraction of sp³-hybridized carbons (Fsp3) is 0.300. The zero-order valence-electron chi connectivity index (χ0n) is 13.7. The number of hydrogen-bond donors (Lipinski definition) is 0. The van der Waals surface area contributed by atoms with Crippen molar-refractivity contribution in [1.82, 2.24) is 4.90 Å². The number of hydrogen-bond acceptors (Lipinski definition) is 3. The van der Waals surface area contributed by atoms with E-state index >= 15 is 0 Å². The van der Waals surface area contributed by atoms with E-state index in [1.807, 2.05) is 60.7 Å². The first-order valence-electron chi connectivity index (χ1n) is 8.15. The maximum Gasteiger partial charge on any atom is 0.328 e. The Morgan fingerprint density at radius 2 is 1.62 bits per heavy atom. The van der Waals surface area contributed by atoms with Gasteiger partial charge in [0, 0.05) is 12.5 Å². The molecule has 1 heterocycles. The highest BCUT2D eigenvalue weighted by Gasteiger charge is 2.43. The number of nitrogens with zero attached hydrogens (tertiary/aromatic N) is 1. The van der Waals surface area contributed by atoms with Crippen molar-refractivity contribution in [2.45, 2.75) is 25.4 Å². The summed E-state index contributed by atoms with van der Waals surface area (Å²) < 4.78 is 4.92. The Kier molecular flexibility index (Phi) is 4.94. The summed E-state index contributed by atoms with van der Waals surface area (Å²) in [7, 11) is 1.37. The number of esters is 1. The Morgan fingerprint density at radius 1 is 1.04 bits per heavy atom. The molecule has 124 valence electrons. The van der Waals surface area contributed by atoms with Gasteiger partial charge in [0.15, 0.2) is 0 Å². The number of likely N-dealkylation sites (tertiary alicyclic amines) is 1. The minimum absolute atomic E-state index is 0.0260. The smallest absolute Gasteiger partial charge is 0.328 e. The highest BCUT2D eigenvalue weighted by atomic mass is 16.5. The predicted octanol–water partition coefficient (Wildman–Crippen LogP) is 2.82. The Hall–Kier alpha value is -2.62. The molecule has 1 aliphatic rings. The average Bonchev–Trinajstić information content (AvgIpc) is 2.92. The summed E-state index contributed by atoms with van der Waals surface area (Å²) in [5.41, 5.74) is 2.13. The van der Waals surface area contributed by atoms with Crippen molar-refractivity contribution in [1.29, 1.82) is 0 Å². The van der Waals surface area contributed by atoms with Gasteiger partial charge in [-0.2, -0.15) is 0 Å². The second-order valence-corrected chi connectivity index (χ2v) is 6.11. The molecule has 3 rings (SSSR count). The minimum atomic E-state index is -0.503. The molecule has 0 aliphatic carbocycles. The second kappa shape index (κ2) is 7.30. The van der Waals surface area contributed by atoms with Crippen molar-refractivity contribution >= 4 is 11.9 Å². The lowest BCUT2D eigenvalue weighted by molar-refractivity contribution is -0.149. The van der Waals surface area contributed by atoms with Crippen LogP contribution >= 0.6 is 0 Å². The lowest BCUT2D eigenvalue weighted by Crippen LogP contribution is -2.39. The summed E-state index contributed by atoms with van der Waals surface area (Å²) >= 11 is 0. The van der Waals surface area contributed by atoms with Crippen LogP contribution in [0, 0.1) is 5.92 Å². The second-order valence-electron chi connectivity index (χ2n) is 6.11. The van der Waals surface area contributed by atoms with Crippen molar-refractivity contribution in [3.05, 3.63) is 71.8 Å². The standard InChI is InChI=1S/C20H21NO3/c1-24-20(23)18-13-17(12-15-8-4-2-5-9-15)19(22)21(18)14-16-10-6-3-7-11-16/h2-11,17-18H,12-14H2,1H3. The zero-order valence-corrected chi connectivity index (χ0v) is 13.7. The van der Waals surface area contributed by atoms with Gasteiger partial charge in [0.05, 0.1) is 7.11 Å². The molecule has 0 aromatic heterocycles. The number of rotatable bonds is 5. The molecule has 24 heavy (non-hydrogen) atoms. The van der Waals surface area contributed by atoms with Gasteiger partial charge >= 0.3 is 5.97 Å². The van der Waals surface area contributed by atoms with E-state index in [0.717, 1.165) is 11.1 Å². The molecule has 4 nitrogen and oxygen atoms in total. The number of methoxy groups -OCH3 is 1. The quantitative estimate of drug-likeness (QED) is 0.795. The summed E-state index contributed by atoms with van der Waals surface area (Å²) in [6.45, 7) is 0.435. The van der Waals surface area contributed by atoms with E-state index in [4.69, 9.17) is 4.74 Å². The third-order valence-electron chi connectivity index (χ3n) is 4.51. The molecule has 2 atom stereocenters. The first kappa shape index (κ1) is 16.2. The number of ether oxygens (including phenoxy) is 1. The SMILES string of the molecule is COC(=O)C1CC(Cc2ccccc2)C(=O)N1Cc1ccccc1. The number of carbonyl (C=O) groups excluding carboxylic acids is 2. The van der Waals surface area contributed by atoms with Crippen molar-refractivity contribution < 1.29 is 14.3 Å². The van der Waals surface area contributed by atoms with E-state index in [2.05, 4.69) is 0 Å². The molecule has 1 fully saturated rings. The predicted molar refractivity (Wildman–Crippen MR) is 91.0 cm³/mol. The van der Waals surface area contributed by atoms with E-state index in [1.54, 1.807) is 4.90 Å². The van der Waals surface area contributed by atoms with Crippen LogP contribution in [0.15, 0.2) is 60.7 Å². The highest BCUT2D eigenvalue weighted by molar-refractivity contribution is 5.90. The summed E-state index contributed by atoms with van der Waals surface area (Å²) in [5, 5.41) is 0. The van der Waals surface area contributed by atoms with E-state index in [9.17, 15) is 9.59 Å². The van der Waals surface area contributed by atoms with E-state index < -0.39 is 6.04 Å². The molecule has 2 aromatic rings. The summed E-state index contributed by atoms with van der Waals surface area (Å²) in [6.07, 6.45) is 1.16. The maximum atomic E-state index is 12.9. The minimum Gasteiger partial charge on any atom is -0.467 e. The van der Waals surface area contributed by atoms with Crippen LogP contribution in [0.2, 0.25) is 0 Å². The van der Waals surface area contributed by atoms with Gasteiger partial charge in [-0.3, -0.25) is 4.79 Å². The Bertz CT molecular complexity index is 699. The molecule has 1 saturated heterocycles. The summed E-state index contributed by atoms with van der Waals surface area (Å²) in [4.78, 5) is 26.7. The number of amides is 1. The molecule has 0 radical (unpaired) electrons. The molecule has 0 saturated carbocycles.